The maximum Gasteiger partial charge on any atom is 0.126 e. The Labute approximate surface area is 127 Å². The van der Waals surface area contributed by atoms with Crippen molar-refractivity contribution in [3.05, 3.63) is 70.5 Å². The van der Waals surface area contributed by atoms with E-state index < -0.39 is 0 Å². The molecule has 0 aliphatic carbocycles. The first-order valence-corrected chi connectivity index (χ1v) is 7.63. The summed E-state index contributed by atoms with van der Waals surface area (Å²) in [7, 11) is 0. The molecule has 0 bridgehead atoms. The van der Waals surface area contributed by atoms with Crippen molar-refractivity contribution in [2.45, 2.75) is 39.7 Å². The fourth-order valence-electron chi connectivity index (χ4n) is 2.65. The molecule has 0 aliphatic rings. The average molecular weight is 285 g/mol. The van der Waals surface area contributed by atoms with E-state index in [0.29, 0.717) is 6.42 Å². The van der Waals surface area contributed by atoms with E-state index in [1.165, 1.54) is 22.8 Å². The molecule has 2 aromatic rings. The minimum atomic E-state index is -0.111. The fraction of sp³-hybridized carbons (Fsp3) is 0.368. The van der Waals surface area contributed by atoms with Crippen LogP contribution in [-0.4, -0.2) is 12.6 Å². The van der Waals surface area contributed by atoms with Crippen LogP contribution in [0.3, 0.4) is 0 Å². The fourth-order valence-corrected chi connectivity index (χ4v) is 2.65. The Morgan fingerprint density at radius 3 is 2.43 bits per heavy atom. The maximum atomic E-state index is 13.8. The summed E-state index contributed by atoms with van der Waals surface area (Å²) in [4.78, 5) is 0. The van der Waals surface area contributed by atoms with Gasteiger partial charge in [0.2, 0.25) is 0 Å². The van der Waals surface area contributed by atoms with Crippen molar-refractivity contribution in [3.8, 4) is 0 Å². The second-order valence-electron chi connectivity index (χ2n) is 5.67. The lowest BCUT2D eigenvalue weighted by molar-refractivity contribution is 0.506. The zero-order valence-electron chi connectivity index (χ0n) is 13.1. The molecule has 1 N–H and O–H groups in total. The highest BCUT2D eigenvalue weighted by atomic mass is 19.1. The molecule has 1 nitrogen and oxygen atoms in total. The number of hydrogen-bond acceptors (Lipinski definition) is 1. The largest absolute Gasteiger partial charge is 0.314 e. The highest BCUT2D eigenvalue weighted by Gasteiger charge is 2.12. The summed E-state index contributed by atoms with van der Waals surface area (Å²) in [6.07, 6.45) is 1.64. The van der Waals surface area contributed by atoms with Crippen LogP contribution in [0.1, 0.15) is 29.2 Å². The van der Waals surface area contributed by atoms with Crippen LogP contribution in [0.5, 0.6) is 0 Å². The van der Waals surface area contributed by atoms with Crippen LogP contribution in [0.4, 0.5) is 4.39 Å². The normalized spacial score (nSPS) is 12.4. The summed E-state index contributed by atoms with van der Waals surface area (Å²) in [5.41, 5.74) is 4.72. The van der Waals surface area contributed by atoms with E-state index >= 15 is 0 Å². The van der Waals surface area contributed by atoms with Crippen molar-refractivity contribution in [2.75, 3.05) is 6.54 Å². The van der Waals surface area contributed by atoms with Gasteiger partial charge < -0.3 is 5.32 Å². The van der Waals surface area contributed by atoms with Gasteiger partial charge in [0, 0.05) is 6.04 Å². The molecule has 0 saturated heterocycles. The van der Waals surface area contributed by atoms with Crippen LogP contribution >= 0.6 is 0 Å². The molecule has 2 aromatic carbocycles. The van der Waals surface area contributed by atoms with Gasteiger partial charge in [-0.25, -0.2) is 4.39 Å². The van der Waals surface area contributed by atoms with Crippen molar-refractivity contribution >= 4 is 0 Å². The predicted molar refractivity (Wildman–Crippen MR) is 87.2 cm³/mol. The Bertz CT molecular complexity index is 592. The van der Waals surface area contributed by atoms with Gasteiger partial charge in [0.1, 0.15) is 5.82 Å². The van der Waals surface area contributed by atoms with Crippen molar-refractivity contribution in [3.63, 3.8) is 0 Å². The molecule has 0 spiro atoms. The van der Waals surface area contributed by atoms with E-state index in [2.05, 4.69) is 44.3 Å². The van der Waals surface area contributed by atoms with E-state index in [1.54, 1.807) is 6.07 Å². The van der Waals surface area contributed by atoms with E-state index in [-0.39, 0.29) is 11.9 Å². The monoisotopic (exact) mass is 285 g/mol. The van der Waals surface area contributed by atoms with E-state index in [4.69, 9.17) is 0 Å². The average Bonchev–Trinajstić information content (AvgIpc) is 2.46. The standard InChI is InChI=1S/C19H24FN/c1-4-21-18(13-17-7-5-6-8-19(17)20)12-16-10-9-14(2)15(3)11-16/h5-11,18,21H,4,12-13H2,1-3H3. The molecule has 0 aliphatic heterocycles. The molecule has 2 rings (SSSR count). The number of benzene rings is 2. The first-order chi connectivity index (χ1) is 10.1. The molecule has 0 fully saturated rings. The van der Waals surface area contributed by atoms with Gasteiger partial charge >= 0.3 is 0 Å². The second-order valence-corrected chi connectivity index (χ2v) is 5.67. The van der Waals surface area contributed by atoms with Crippen molar-refractivity contribution in [1.29, 1.82) is 0 Å². The Morgan fingerprint density at radius 1 is 1.00 bits per heavy atom. The number of hydrogen-bond donors (Lipinski definition) is 1. The molecule has 2 heteroatoms. The Hall–Kier alpha value is -1.67. The van der Waals surface area contributed by atoms with Gasteiger partial charge in [-0.2, -0.15) is 0 Å². The third-order valence-corrected chi connectivity index (χ3v) is 3.97. The highest BCUT2D eigenvalue weighted by molar-refractivity contribution is 5.30. The Kier molecular flexibility index (Phi) is 5.51. The van der Waals surface area contributed by atoms with Gasteiger partial charge in [-0.05, 0) is 61.6 Å². The van der Waals surface area contributed by atoms with Crippen LogP contribution in [-0.2, 0) is 12.8 Å². The van der Waals surface area contributed by atoms with Gasteiger partial charge in [-0.15, -0.1) is 0 Å². The van der Waals surface area contributed by atoms with Gasteiger partial charge in [0.25, 0.3) is 0 Å². The minimum Gasteiger partial charge on any atom is -0.314 e. The van der Waals surface area contributed by atoms with E-state index in [0.717, 1.165) is 18.5 Å². The molecular weight excluding hydrogens is 261 g/mol. The topological polar surface area (TPSA) is 12.0 Å². The quantitative estimate of drug-likeness (QED) is 0.838. The molecule has 0 heterocycles. The van der Waals surface area contributed by atoms with E-state index in [1.807, 2.05) is 12.1 Å². The van der Waals surface area contributed by atoms with Crippen LogP contribution in [0, 0.1) is 19.7 Å². The van der Waals surface area contributed by atoms with Crippen molar-refractivity contribution in [2.24, 2.45) is 0 Å². The molecule has 112 valence electrons. The summed E-state index contributed by atoms with van der Waals surface area (Å²) >= 11 is 0. The summed E-state index contributed by atoms with van der Waals surface area (Å²) < 4.78 is 13.8. The Morgan fingerprint density at radius 2 is 1.76 bits per heavy atom. The van der Waals surface area contributed by atoms with Gasteiger partial charge in [-0.3, -0.25) is 0 Å². The number of halogens is 1. The molecule has 1 unspecified atom stereocenters. The molecule has 1 atom stereocenters. The molecular formula is C19H24FN. The predicted octanol–water partition coefficient (Wildman–Crippen LogP) is 4.21. The van der Waals surface area contributed by atoms with Crippen LogP contribution in [0.2, 0.25) is 0 Å². The molecule has 0 radical (unpaired) electrons. The summed E-state index contributed by atoms with van der Waals surface area (Å²) in [5, 5.41) is 3.47. The molecule has 21 heavy (non-hydrogen) atoms. The smallest absolute Gasteiger partial charge is 0.126 e. The molecule has 0 aromatic heterocycles. The van der Waals surface area contributed by atoms with Gasteiger partial charge in [0.15, 0.2) is 0 Å². The maximum absolute atomic E-state index is 13.8. The zero-order valence-corrected chi connectivity index (χ0v) is 13.1. The van der Waals surface area contributed by atoms with Crippen LogP contribution < -0.4 is 5.32 Å². The number of nitrogens with one attached hydrogen (secondary N) is 1. The lowest BCUT2D eigenvalue weighted by Gasteiger charge is -2.19. The van der Waals surface area contributed by atoms with Crippen molar-refractivity contribution in [1.82, 2.24) is 5.32 Å². The molecule has 0 saturated carbocycles. The lowest BCUT2D eigenvalue weighted by Crippen LogP contribution is -2.33. The van der Waals surface area contributed by atoms with Crippen LogP contribution in [0.25, 0.3) is 0 Å². The highest BCUT2D eigenvalue weighted by Crippen LogP contribution is 2.15. The molecule has 0 amide bonds. The second kappa shape index (κ2) is 7.37. The first kappa shape index (κ1) is 15.7. The lowest BCUT2D eigenvalue weighted by atomic mass is 9.96. The Balaban J connectivity index is 2.11. The van der Waals surface area contributed by atoms with E-state index in [9.17, 15) is 4.39 Å². The van der Waals surface area contributed by atoms with Crippen LogP contribution in [0.15, 0.2) is 42.5 Å². The van der Waals surface area contributed by atoms with Gasteiger partial charge in [-0.1, -0.05) is 43.3 Å². The summed E-state index contributed by atoms with van der Waals surface area (Å²) in [5.74, 6) is -0.111. The van der Waals surface area contributed by atoms with Crippen molar-refractivity contribution < 1.29 is 4.39 Å². The minimum absolute atomic E-state index is 0.111. The number of rotatable bonds is 6. The summed E-state index contributed by atoms with van der Waals surface area (Å²) in [6, 6.07) is 13.9. The number of aryl methyl sites for hydroxylation is 2. The van der Waals surface area contributed by atoms with Gasteiger partial charge in [0.05, 0.1) is 0 Å². The third kappa shape index (κ3) is 4.40. The summed E-state index contributed by atoms with van der Waals surface area (Å²) in [6.45, 7) is 7.25. The SMILES string of the molecule is CCNC(Cc1ccc(C)c(C)c1)Cc1ccccc1F. The zero-order chi connectivity index (χ0) is 15.2. The number of likely N-dealkylation sites (N-methyl/N-ethyl adjacent to an activating group) is 1. The third-order valence-electron chi connectivity index (χ3n) is 3.97. The first-order valence-electron chi connectivity index (χ1n) is 7.63.